The second kappa shape index (κ2) is 4.59. The third kappa shape index (κ3) is 2.31. The van der Waals surface area contributed by atoms with Crippen LogP contribution in [0, 0.1) is 23.6 Å². The van der Waals surface area contributed by atoms with Crippen LogP contribution in [0.15, 0.2) is 24.3 Å². The topological polar surface area (TPSA) is 12.0 Å². The maximum atomic E-state index is 13.1. The van der Waals surface area contributed by atoms with Gasteiger partial charge in [-0.25, -0.2) is 4.39 Å². The first-order chi connectivity index (χ1) is 9.29. The number of benzene rings is 1. The highest BCUT2D eigenvalue weighted by atomic mass is 19.1. The normalized spacial score (nSPS) is 34.7. The molecule has 3 aliphatic rings. The Morgan fingerprint density at radius 3 is 2.37 bits per heavy atom. The first kappa shape index (κ1) is 11.9. The third-order valence-electron chi connectivity index (χ3n) is 5.45. The van der Waals surface area contributed by atoms with Crippen molar-refractivity contribution >= 4 is 0 Å². The van der Waals surface area contributed by atoms with Crippen molar-refractivity contribution in [2.24, 2.45) is 17.8 Å². The van der Waals surface area contributed by atoms with Crippen molar-refractivity contribution in [1.29, 1.82) is 0 Å². The SMILES string of the molecule is Fc1ccc(C(NC2CC3CCC2C3)C2CC2)cc1. The molecule has 4 rings (SSSR count). The molecule has 19 heavy (non-hydrogen) atoms. The molecule has 3 saturated carbocycles. The smallest absolute Gasteiger partial charge is 0.123 e. The number of nitrogens with one attached hydrogen (secondary N) is 1. The third-order valence-corrected chi connectivity index (χ3v) is 5.45. The van der Waals surface area contributed by atoms with Crippen molar-refractivity contribution in [3.8, 4) is 0 Å². The van der Waals surface area contributed by atoms with Crippen molar-refractivity contribution in [2.45, 2.75) is 50.6 Å². The van der Waals surface area contributed by atoms with Crippen LogP contribution < -0.4 is 5.32 Å². The molecule has 1 N–H and O–H groups in total. The molecule has 1 aromatic carbocycles. The van der Waals surface area contributed by atoms with Gasteiger partial charge in [0.15, 0.2) is 0 Å². The van der Waals surface area contributed by atoms with E-state index in [1.165, 1.54) is 44.1 Å². The fourth-order valence-electron chi connectivity index (χ4n) is 4.28. The van der Waals surface area contributed by atoms with Crippen molar-refractivity contribution in [2.75, 3.05) is 0 Å². The van der Waals surface area contributed by atoms with Gasteiger partial charge in [-0.15, -0.1) is 0 Å². The minimum atomic E-state index is -0.127. The molecule has 0 spiro atoms. The van der Waals surface area contributed by atoms with Gasteiger partial charge < -0.3 is 5.32 Å². The zero-order valence-electron chi connectivity index (χ0n) is 11.3. The molecule has 0 radical (unpaired) electrons. The predicted octanol–water partition coefficient (Wildman–Crippen LogP) is 4.06. The molecule has 0 heterocycles. The summed E-state index contributed by atoms with van der Waals surface area (Å²) in [6.07, 6.45) is 8.34. The quantitative estimate of drug-likeness (QED) is 0.860. The molecule has 1 nitrogen and oxygen atoms in total. The molecule has 0 amide bonds. The molecule has 0 saturated heterocycles. The van der Waals surface area contributed by atoms with Gasteiger partial charge >= 0.3 is 0 Å². The number of hydrogen-bond donors (Lipinski definition) is 1. The molecule has 3 aliphatic carbocycles. The summed E-state index contributed by atoms with van der Waals surface area (Å²) < 4.78 is 13.1. The van der Waals surface area contributed by atoms with Gasteiger partial charge in [-0.2, -0.15) is 0 Å². The molecule has 0 aliphatic heterocycles. The maximum Gasteiger partial charge on any atom is 0.123 e. The Morgan fingerprint density at radius 1 is 1.00 bits per heavy atom. The monoisotopic (exact) mass is 259 g/mol. The minimum Gasteiger partial charge on any atom is -0.307 e. The summed E-state index contributed by atoms with van der Waals surface area (Å²) in [5, 5.41) is 3.92. The fraction of sp³-hybridized carbons (Fsp3) is 0.647. The molecule has 0 aromatic heterocycles. The summed E-state index contributed by atoms with van der Waals surface area (Å²) >= 11 is 0. The largest absolute Gasteiger partial charge is 0.307 e. The average Bonchev–Trinajstić information content (AvgIpc) is 3.05. The van der Waals surface area contributed by atoms with Crippen molar-refractivity contribution in [3.63, 3.8) is 0 Å². The van der Waals surface area contributed by atoms with Crippen LogP contribution in [0.1, 0.15) is 50.1 Å². The lowest BCUT2D eigenvalue weighted by Gasteiger charge is -2.29. The Bertz CT molecular complexity index is 451. The van der Waals surface area contributed by atoms with E-state index >= 15 is 0 Å². The summed E-state index contributed by atoms with van der Waals surface area (Å²) in [4.78, 5) is 0. The number of hydrogen-bond acceptors (Lipinski definition) is 1. The Kier molecular flexibility index (Phi) is 2.87. The van der Waals surface area contributed by atoms with Crippen molar-refractivity contribution in [1.82, 2.24) is 5.32 Å². The van der Waals surface area contributed by atoms with Gasteiger partial charge in [-0.05, 0) is 67.6 Å². The van der Waals surface area contributed by atoms with E-state index in [1.54, 1.807) is 12.1 Å². The van der Waals surface area contributed by atoms with Gasteiger partial charge in [-0.3, -0.25) is 0 Å². The van der Waals surface area contributed by atoms with Crippen LogP contribution in [0.4, 0.5) is 4.39 Å². The lowest BCUT2D eigenvalue weighted by Crippen LogP contribution is -2.37. The lowest BCUT2D eigenvalue weighted by atomic mass is 9.92. The molecule has 4 unspecified atom stereocenters. The standard InChI is InChI=1S/C17H22FN/c18-15-7-5-13(6-8-15)17(12-3-4-12)19-16-10-11-1-2-14(16)9-11/h5-8,11-12,14,16-17,19H,1-4,9-10H2. The van der Waals surface area contributed by atoms with Gasteiger partial charge in [0.1, 0.15) is 5.82 Å². The summed E-state index contributed by atoms with van der Waals surface area (Å²) in [6, 6.07) is 8.33. The van der Waals surface area contributed by atoms with Crippen molar-refractivity contribution < 1.29 is 4.39 Å². The van der Waals surface area contributed by atoms with Crippen LogP contribution in [0.25, 0.3) is 0 Å². The number of halogens is 1. The highest BCUT2D eigenvalue weighted by molar-refractivity contribution is 5.22. The maximum absolute atomic E-state index is 13.1. The predicted molar refractivity (Wildman–Crippen MR) is 74.2 cm³/mol. The van der Waals surface area contributed by atoms with Gasteiger partial charge in [0.05, 0.1) is 0 Å². The Balaban J connectivity index is 1.50. The van der Waals surface area contributed by atoms with Crippen LogP contribution in [0.2, 0.25) is 0 Å². The minimum absolute atomic E-state index is 0.127. The van der Waals surface area contributed by atoms with Crippen LogP contribution in [0.3, 0.4) is 0 Å². The first-order valence-corrected chi connectivity index (χ1v) is 7.81. The lowest BCUT2D eigenvalue weighted by molar-refractivity contribution is 0.305. The van der Waals surface area contributed by atoms with E-state index in [-0.39, 0.29) is 5.82 Å². The molecule has 2 heteroatoms. The molecular formula is C17H22FN. The summed E-state index contributed by atoms with van der Waals surface area (Å²) in [5.41, 5.74) is 1.28. The average molecular weight is 259 g/mol. The van der Waals surface area contributed by atoms with Gasteiger partial charge in [0.2, 0.25) is 0 Å². The van der Waals surface area contributed by atoms with Crippen LogP contribution in [-0.4, -0.2) is 6.04 Å². The van der Waals surface area contributed by atoms with Gasteiger partial charge in [-0.1, -0.05) is 18.6 Å². The van der Waals surface area contributed by atoms with Crippen LogP contribution >= 0.6 is 0 Å². The zero-order valence-corrected chi connectivity index (χ0v) is 11.3. The molecule has 4 atom stereocenters. The van der Waals surface area contributed by atoms with Gasteiger partial charge in [0, 0.05) is 12.1 Å². The highest BCUT2D eigenvalue weighted by Crippen LogP contribution is 2.47. The molecule has 3 fully saturated rings. The van der Waals surface area contributed by atoms with E-state index in [2.05, 4.69) is 5.32 Å². The Morgan fingerprint density at radius 2 is 1.79 bits per heavy atom. The summed E-state index contributed by atoms with van der Waals surface area (Å²) in [6.45, 7) is 0. The van der Waals surface area contributed by atoms with Crippen molar-refractivity contribution in [3.05, 3.63) is 35.6 Å². The molecule has 2 bridgehead atoms. The van der Waals surface area contributed by atoms with Gasteiger partial charge in [0.25, 0.3) is 0 Å². The number of fused-ring (bicyclic) bond motifs is 2. The van der Waals surface area contributed by atoms with Crippen LogP contribution in [0.5, 0.6) is 0 Å². The zero-order chi connectivity index (χ0) is 12.8. The van der Waals surface area contributed by atoms with E-state index in [1.807, 2.05) is 12.1 Å². The first-order valence-electron chi connectivity index (χ1n) is 7.81. The molecular weight excluding hydrogens is 237 g/mol. The summed E-state index contributed by atoms with van der Waals surface area (Å²) in [5.74, 6) is 2.55. The number of rotatable bonds is 4. The van der Waals surface area contributed by atoms with E-state index in [0.717, 1.165) is 23.8 Å². The van der Waals surface area contributed by atoms with E-state index in [9.17, 15) is 4.39 Å². The molecule has 102 valence electrons. The second-order valence-corrected chi connectivity index (χ2v) is 6.81. The van der Waals surface area contributed by atoms with E-state index < -0.39 is 0 Å². The van der Waals surface area contributed by atoms with E-state index in [4.69, 9.17) is 0 Å². The Labute approximate surface area is 114 Å². The fourth-order valence-corrected chi connectivity index (χ4v) is 4.28. The van der Waals surface area contributed by atoms with Crippen LogP contribution in [-0.2, 0) is 0 Å². The van der Waals surface area contributed by atoms with E-state index in [0.29, 0.717) is 6.04 Å². The highest BCUT2D eigenvalue weighted by Gasteiger charge is 2.42. The molecule has 1 aromatic rings. The summed E-state index contributed by atoms with van der Waals surface area (Å²) in [7, 11) is 0. The second-order valence-electron chi connectivity index (χ2n) is 6.81. The Hall–Kier alpha value is -0.890.